The summed E-state index contributed by atoms with van der Waals surface area (Å²) >= 11 is 0. The van der Waals surface area contributed by atoms with Crippen LogP contribution in [0.1, 0.15) is 11.1 Å². The average molecular weight is 344 g/mol. The van der Waals surface area contributed by atoms with Crippen LogP contribution in [0.15, 0.2) is 72.4 Å². The van der Waals surface area contributed by atoms with Crippen molar-refractivity contribution in [2.45, 2.75) is 11.5 Å². The Balaban J connectivity index is 2.36. The topological polar surface area (TPSA) is 6.48 Å². The van der Waals surface area contributed by atoms with Gasteiger partial charge in [-0.3, -0.25) is 0 Å². The molecule has 1 aliphatic rings. The summed E-state index contributed by atoms with van der Waals surface area (Å²) in [5.41, 5.74) is -5.39. The number of hydrogen-bond acceptors (Lipinski definition) is 2. The molecule has 2 aromatic rings. The van der Waals surface area contributed by atoms with Gasteiger partial charge >= 0.3 is 0 Å². The number of halogens is 6. The van der Waals surface area contributed by atoms with Crippen LogP contribution in [0.3, 0.4) is 0 Å². The smallest absolute Gasteiger partial charge is 0.225 e. The van der Waals surface area contributed by atoms with E-state index in [1.165, 1.54) is 36.4 Å². The van der Waals surface area contributed by atoms with Crippen LogP contribution in [0, 0.1) is 0 Å². The molecule has 0 spiro atoms. The summed E-state index contributed by atoms with van der Waals surface area (Å²) in [6.07, 6.45) is 0. The van der Waals surface area contributed by atoms with E-state index in [2.05, 4.69) is 0 Å². The van der Waals surface area contributed by atoms with Gasteiger partial charge < -0.3 is 0 Å². The van der Waals surface area contributed by atoms with Gasteiger partial charge in [0.15, 0.2) is 0 Å². The number of hydrazine groups is 1. The summed E-state index contributed by atoms with van der Waals surface area (Å²) in [6, 6.07) is 11.5. The molecule has 0 amide bonds. The van der Waals surface area contributed by atoms with E-state index in [1.54, 1.807) is 0 Å². The molecule has 24 heavy (non-hydrogen) atoms. The first-order chi connectivity index (χ1) is 11.3. The van der Waals surface area contributed by atoms with Crippen LogP contribution in [0.4, 0.5) is 26.5 Å². The molecule has 0 radical (unpaired) electrons. The number of alkyl halides is 2. The third kappa shape index (κ3) is 1.96. The fourth-order valence-corrected chi connectivity index (χ4v) is 2.64. The summed E-state index contributed by atoms with van der Waals surface area (Å²) in [6.45, 7) is 0. The monoisotopic (exact) mass is 344 g/mol. The van der Waals surface area contributed by atoms with Gasteiger partial charge in [-0.2, -0.15) is 4.39 Å². The van der Waals surface area contributed by atoms with E-state index in [0.29, 0.717) is 0 Å². The van der Waals surface area contributed by atoms with Gasteiger partial charge in [-0.05, 0) is 0 Å². The molecule has 2 nitrogen and oxygen atoms in total. The van der Waals surface area contributed by atoms with E-state index in [9.17, 15) is 17.7 Å². The third-order valence-electron chi connectivity index (χ3n) is 3.84. The highest BCUT2D eigenvalue weighted by molar-refractivity contribution is 5.41. The maximum absolute atomic E-state index is 15.6. The van der Waals surface area contributed by atoms with Crippen LogP contribution in [0.5, 0.6) is 0 Å². The highest BCUT2D eigenvalue weighted by Crippen LogP contribution is 2.58. The molecule has 0 saturated carbocycles. The summed E-state index contributed by atoms with van der Waals surface area (Å²) in [5.74, 6) is -8.92. The Labute approximate surface area is 133 Å². The van der Waals surface area contributed by atoms with Crippen molar-refractivity contribution in [2.24, 2.45) is 0 Å². The standard InChI is InChI=1S/C16H10F6N2/c17-13-14(18)23(21)24(22)16(20,12-9-5-2-6-10-12)15(13,19)11-7-3-1-4-8-11/h1-10H. The Hall–Kier alpha value is -2.48. The van der Waals surface area contributed by atoms with Crippen molar-refractivity contribution >= 4 is 0 Å². The van der Waals surface area contributed by atoms with Gasteiger partial charge in [0, 0.05) is 16.4 Å². The van der Waals surface area contributed by atoms with E-state index in [1.807, 2.05) is 0 Å². The maximum Gasteiger partial charge on any atom is 0.282 e. The van der Waals surface area contributed by atoms with Crippen molar-refractivity contribution in [1.82, 2.24) is 10.5 Å². The lowest BCUT2D eigenvalue weighted by atomic mass is 9.80. The second-order valence-corrected chi connectivity index (χ2v) is 5.14. The van der Waals surface area contributed by atoms with E-state index in [0.717, 1.165) is 24.3 Å². The van der Waals surface area contributed by atoms with E-state index < -0.39 is 44.8 Å². The van der Waals surface area contributed by atoms with Crippen LogP contribution in [-0.2, 0) is 11.5 Å². The Morgan fingerprint density at radius 3 is 1.67 bits per heavy atom. The van der Waals surface area contributed by atoms with Crippen molar-refractivity contribution in [2.75, 3.05) is 0 Å². The van der Waals surface area contributed by atoms with Crippen LogP contribution in [0.25, 0.3) is 0 Å². The number of hydrogen-bond donors (Lipinski definition) is 0. The SMILES string of the molecule is FC1=C(F)C(F)(c2ccccc2)C(F)(c2ccccc2)N(F)N1F. The Morgan fingerprint density at radius 1 is 0.708 bits per heavy atom. The van der Waals surface area contributed by atoms with Crippen LogP contribution >= 0.6 is 0 Å². The molecule has 0 bridgehead atoms. The van der Waals surface area contributed by atoms with Crippen molar-refractivity contribution in [3.05, 3.63) is 83.6 Å². The first kappa shape index (κ1) is 16.4. The normalized spacial score (nSPS) is 28.3. The minimum Gasteiger partial charge on any atom is -0.225 e. The molecule has 0 aliphatic carbocycles. The van der Waals surface area contributed by atoms with E-state index in [-0.39, 0.29) is 0 Å². The van der Waals surface area contributed by atoms with Gasteiger partial charge in [-0.25, -0.2) is 13.2 Å². The number of rotatable bonds is 2. The molecule has 8 heteroatoms. The van der Waals surface area contributed by atoms with Gasteiger partial charge in [0.05, 0.1) is 0 Å². The second-order valence-electron chi connectivity index (χ2n) is 5.14. The first-order valence-electron chi connectivity index (χ1n) is 6.81. The molecule has 2 atom stereocenters. The van der Waals surface area contributed by atoms with E-state index in [4.69, 9.17) is 0 Å². The Bertz CT molecular complexity index is 769. The highest BCUT2D eigenvalue weighted by atomic mass is 19.3. The molecule has 1 heterocycles. The largest absolute Gasteiger partial charge is 0.282 e. The zero-order chi connectivity index (χ0) is 17.5. The first-order valence-corrected chi connectivity index (χ1v) is 6.81. The molecular formula is C16H10F6N2. The van der Waals surface area contributed by atoms with Gasteiger partial charge in [-0.1, -0.05) is 70.4 Å². The second kappa shape index (κ2) is 5.55. The fourth-order valence-electron chi connectivity index (χ4n) is 2.64. The van der Waals surface area contributed by atoms with Crippen LogP contribution < -0.4 is 0 Å². The van der Waals surface area contributed by atoms with Gasteiger partial charge in [0.25, 0.3) is 11.7 Å². The molecule has 0 saturated heterocycles. The molecule has 0 fully saturated rings. The highest BCUT2D eigenvalue weighted by Gasteiger charge is 2.70. The van der Waals surface area contributed by atoms with Crippen molar-refractivity contribution in [3.8, 4) is 0 Å². The molecular weight excluding hydrogens is 334 g/mol. The third-order valence-corrected chi connectivity index (χ3v) is 3.84. The number of nitrogens with zero attached hydrogens (tertiary/aromatic N) is 2. The molecule has 0 aromatic heterocycles. The number of benzene rings is 2. The van der Waals surface area contributed by atoms with E-state index >= 15 is 8.78 Å². The average Bonchev–Trinajstić information content (AvgIpc) is 2.64. The predicted molar refractivity (Wildman–Crippen MR) is 73.6 cm³/mol. The van der Waals surface area contributed by atoms with Crippen molar-refractivity contribution in [3.63, 3.8) is 0 Å². The maximum atomic E-state index is 15.6. The Kier molecular flexibility index (Phi) is 3.79. The lowest BCUT2D eigenvalue weighted by molar-refractivity contribution is -0.389. The van der Waals surface area contributed by atoms with Crippen LogP contribution in [0.2, 0.25) is 0 Å². The molecule has 2 aromatic carbocycles. The molecule has 1 aliphatic heterocycles. The van der Waals surface area contributed by atoms with Crippen LogP contribution in [-0.4, -0.2) is 10.5 Å². The summed E-state index contributed by atoms with van der Waals surface area (Å²) in [5, 5.41) is -2.98. The van der Waals surface area contributed by atoms with Crippen molar-refractivity contribution < 1.29 is 26.5 Å². The quantitative estimate of drug-likeness (QED) is 0.426. The van der Waals surface area contributed by atoms with Gasteiger partial charge in [-0.15, -0.1) is 4.48 Å². The summed E-state index contributed by atoms with van der Waals surface area (Å²) in [7, 11) is 0. The zero-order valence-electron chi connectivity index (χ0n) is 11.9. The summed E-state index contributed by atoms with van der Waals surface area (Å²) < 4.78 is 86.9. The predicted octanol–water partition coefficient (Wildman–Crippen LogP) is 5.08. The summed E-state index contributed by atoms with van der Waals surface area (Å²) in [4.78, 5) is 0. The Morgan fingerprint density at radius 2 is 1.17 bits per heavy atom. The minimum absolute atomic E-state index is 0.709. The minimum atomic E-state index is -4.01. The fraction of sp³-hybridized carbons (Fsp3) is 0.125. The molecule has 0 N–H and O–H groups in total. The lowest BCUT2D eigenvalue weighted by Gasteiger charge is -2.45. The zero-order valence-corrected chi connectivity index (χ0v) is 11.9. The van der Waals surface area contributed by atoms with Crippen molar-refractivity contribution in [1.29, 1.82) is 0 Å². The molecule has 3 rings (SSSR count). The van der Waals surface area contributed by atoms with Gasteiger partial charge in [0.2, 0.25) is 11.5 Å². The van der Waals surface area contributed by atoms with Gasteiger partial charge in [0.1, 0.15) is 0 Å². The molecule has 126 valence electrons. The molecule has 2 unspecified atom stereocenters. The lowest BCUT2D eigenvalue weighted by Crippen LogP contribution is -2.59.